The number of hydrogen-bond donors (Lipinski definition) is 0. The largest absolute Gasteiger partial charge is 0.247 e. The first kappa shape index (κ1) is 11.0. The molecule has 98 valence electrons. The zero-order valence-corrected chi connectivity index (χ0v) is 11.7. The highest BCUT2D eigenvalue weighted by molar-refractivity contribution is 6.19. The maximum atomic E-state index is 4.94. The SMILES string of the molecule is C[n+]1ccc2c3c(nc4ccccc42)-c2ccccc2-c31. The lowest BCUT2D eigenvalue weighted by Gasteiger charge is -2.05. The van der Waals surface area contributed by atoms with E-state index in [0.29, 0.717) is 0 Å². The molecule has 0 N–H and O–H groups in total. The van der Waals surface area contributed by atoms with Crippen LogP contribution in [-0.4, -0.2) is 4.98 Å². The molecule has 0 radical (unpaired) electrons. The van der Waals surface area contributed by atoms with Crippen molar-refractivity contribution in [2.24, 2.45) is 7.05 Å². The van der Waals surface area contributed by atoms with Crippen LogP contribution in [0.1, 0.15) is 0 Å². The van der Waals surface area contributed by atoms with Crippen molar-refractivity contribution in [3.8, 4) is 22.5 Å². The highest BCUT2D eigenvalue weighted by atomic mass is 14.9. The number of rotatable bonds is 0. The molecule has 2 nitrogen and oxygen atoms in total. The first-order chi connectivity index (χ1) is 10.3. The summed E-state index contributed by atoms with van der Waals surface area (Å²) in [7, 11) is 2.11. The summed E-state index contributed by atoms with van der Waals surface area (Å²) in [5.41, 5.74) is 5.98. The second kappa shape index (κ2) is 3.67. The third kappa shape index (κ3) is 1.27. The monoisotopic (exact) mass is 269 g/mol. The molecule has 2 heterocycles. The molecule has 2 heteroatoms. The molecule has 2 aromatic heterocycles. The summed E-state index contributed by atoms with van der Waals surface area (Å²) >= 11 is 0. The molecule has 0 unspecified atom stereocenters. The van der Waals surface area contributed by atoms with Gasteiger partial charge in [0, 0.05) is 22.4 Å². The van der Waals surface area contributed by atoms with Gasteiger partial charge in [0.1, 0.15) is 7.05 Å². The van der Waals surface area contributed by atoms with Crippen molar-refractivity contribution in [3.63, 3.8) is 0 Å². The van der Waals surface area contributed by atoms with E-state index in [4.69, 9.17) is 4.98 Å². The molecule has 0 atom stereocenters. The number of benzene rings is 2. The lowest BCUT2D eigenvalue weighted by atomic mass is 10.1. The summed E-state index contributed by atoms with van der Waals surface area (Å²) in [6.45, 7) is 0. The summed E-state index contributed by atoms with van der Waals surface area (Å²) in [4.78, 5) is 4.94. The zero-order valence-electron chi connectivity index (χ0n) is 11.7. The van der Waals surface area contributed by atoms with Gasteiger partial charge in [0.25, 0.3) is 0 Å². The van der Waals surface area contributed by atoms with E-state index in [-0.39, 0.29) is 0 Å². The fourth-order valence-corrected chi connectivity index (χ4v) is 3.50. The van der Waals surface area contributed by atoms with E-state index in [2.05, 4.69) is 72.4 Å². The van der Waals surface area contributed by atoms with Crippen LogP contribution in [0.2, 0.25) is 0 Å². The molecule has 4 aromatic rings. The quantitative estimate of drug-likeness (QED) is 0.308. The Morgan fingerprint density at radius 2 is 1.57 bits per heavy atom. The molecule has 1 aliphatic carbocycles. The lowest BCUT2D eigenvalue weighted by Crippen LogP contribution is -2.29. The minimum Gasteiger partial charge on any atom is -0.247 e. The van der Waals surface area contributed by atoms with Gasteiger partial charge in [-0.15, -0.1) is 0 Å². The second-order valence-corrected chi connectivity index (χ2v) is 5.59. The van der Waals surface area contributed by atoms with Gasteiger partial charge in [-0.25, -0.2) is 9.55 Å². The van der Waals surface area contributed by atoms with Crippen molar-refractivity contribution in [1.82, 2.24) is 4.98 Å². The molecular weight excluding hydrogens is 256 g/mol. The average molecular weight is 269 g/mol. The molecule has 5 rings (SSSR count). The smallest absolute Gasteiger partial charge is 0.223 e. The molecule has 0 amide bonds. The number of para-hydroxylation sites is 1. The third-order valence-corrected chi connectivity index (χ3v) is 4.42. The predicted molar refractivity (Wildman–Crippen MR) is 84.9 cm³/mol. The molecule has 0 spiro atoms. The highest BCUT2D eigenvalue weighted by Gasteiger charge is 2.30. The summed E-state index contributed by atoms with van der Waals surface area (Å²) in [5, 5.41) is 3.80. The van der Waals surface area contributed by atoms with E-state index in [1.807, 2.05) is 0 Å². The van der Waals surface area contributed by atoms with Gasteiger partial charge in [-0.2, -0.15) is 0 Å². The maximum Gasteiger partial charge on any atom is 0.223 e. The Bertz CT molecular complexity index is 1050. The van der Waals surface area contributed by atoms with Crippen LogP contribution in [0.4, 0.5) is 0 Å². The first-order valence-corrected chi connectivity index (χ1v) is 7.15. The Morgan fingerprint density at radius 1 is 0.810 bits per heavy atom. The molecule has 0 aliphatic heterocycles. The number of pyridine rings is 2. The fourth-order valence-electron chi connectivity index (χ4n) is 3.50. The Labute approximate surface area is 122 Å². The molecule has 0 saturated heterocycles. The van der Waals surface area contributed by atoms with E-state index >= 15 is 0 Å². The summed E-state index contributed by atoms with van der Waals surface area (Å²) in [6.07, 6.45) is 2.15. The Balaban J connectivity index is 2.13. The van der Waals surface area contributed by atoms with Crippen LogP contribution in [-0.2, 0) is 7.05 Å². The maximum absolute atomic E-state index is 4.94. The molecule has 0 bridgehead atoms. The van der Waals surface area contributed by atoms with Gasteiger partial charge < -0.3 is 0 Å². The fraction of sp³-hybridized carbons (Fsp3) is 0.0526. The van der Waals surface area contributed by atoms with Crippen molar-refractivity contribution >= 4 is 21.7 Å². The molecule has 0 fully saturated rings. The number of aromatic nitrogens is 2. The van der Waals surface area contributed by atoms with Crippen LogP contribution in [0.3, 0.4) is 0 Å². The second-order valence-electron chi connectivity index (χ2n) is 5.59. The minimum atomic E-state index is 1.07. The van der Waals surface area contributed by atoms with Crippen molar-refractivity contribution in [3.05, 3.63) is 60.8 Å². The Morgan fingerprint density at radius 3 is 2.48 bits per heavy atom. The van der Waals surface area contributed by atoms with Crippen molar-refractivity contribution in [2.75, 3.05) is 0 Å². The van der Waals surface area contributed by atoms with Crippen LogP contribution >= 0.6 is 0 Å². The van der Waals surface area contributed by atoms with Gasteiger partial charge in [-0.1, -0.05) is 36.4 Å². The van der Waals surface area contributed by atoms with Crippen LogP contribution in [0.15, 0.2) is 60.8 Å². The molecule has 21 heavy (non-hydrogen) atoms. The van der Waals surface area contributed by atoms with Gasteiger partial charge in [-0.05, 0) is 12.1 Å². The third-order valence-electron chi connectivity index (χ3n) is 4.42. The van der Waals surface area contributed by atoms with Gasteiger partial charge in [0.15, 0.2) is 6.20 Å². The average Bonchev–Trinajstić information content (AvgIpc) is 2.86. The number of fused-ring (bicyclic) bond motifs is 5. The van der Waals surface area contributed by atoms with E-state index in [1.165, 1.54) is 33.0 Å². The lowest BCUT2D eigenvalue weighted by molar-refractivity contribution is -0.659. The van der Waals surface area contributed by atoms with E-state index in [9.17, 15) is 0 Å². The summed E-state index contributed by atoms with van der Waals surface area (Å²) < 4.78 is 2.20. The van der Waals surface area contributed by atoms with E-state index in [1.54, 1.807) is 0 Å². The molecule has 2 aromatic carbocycles. The summed E-state index contributed by atoms with van der Waals surface area (Å²) in [5.74, 6) is 0. The van der Waals surface area contributed by atoms with Crippen molar-refractivity contribution < 1.29 is 4.57 Å². The molecule has 0 saturated carbocycles. The van der Waals surface area contributed by atoms with Crippen LogP contribution in [0, 0.1) is 0 Å². The normalized spacial score (nSPS) is 12.0. The van der Waals surface area contributed by atoms with Gasteiger partial charge in [0.2, 0.25) is 5.69 Å². The van der Waals surface area contributed by atoms with Gasteiger partial charge in [0.05, 0.1) is 22.2 Å². The predicted octanol–water partition coefficient (Wildman–Crippen LogP) is 3.86. The zero-order chi connectivity index (χ0) is 14.0. The number of aryl methyl sites for hydroxylation is 1. The van der Waals surface area contributed by atoms with E-state index < -0.39 is 0 Å². The minimum absolute atomic E-state index is 1.07. The van der Waals surface area contributed by atoms with Crippen molar-refractivity contribution in [1.29, 1.82) is 0 Å². The van der Waals surface area contributed by atoms with Crippen LogP contribution in [0.25, 0.3) is 44.2 Å². The molecular formula is C19H13N2+. The van der Waals surface area contributed by atoms with Gasteiger partial charge >= 0.3 is 0 Å². The van der Waals surface area contributed by atoms with Gasteiger partial charge in [-0.3, -0.25) is 0 Å². The number of nitrogens with zero attached hydrogens (tertiary/aromatic N) is 2. The Hall–Kier alpha value is -2.74. The van der Waals surface area contributed by atoms with Crippen molar-refractivity contribution in [2.45, 2.75) is 0 Å². The Kier molecular flexibility index (Phi) is 1.92. The molecule has 1 aliphatic rings. The van der Waals surface area contributed by atoms with Crippen LogP contribution in [0.5, 0.6) is 0 Å². The standard InChI is InChI=1S/C19H13N2/c1-21-11-10-13-12-6-4-5-9-16(12)20-18-14-7-2-3-8-15(14)19(21)17(13)18/h2-11H,1H3/q+1. The first-order valence-electron chi connectivity index (χ1n) is 7.15. The summed E-state index contributed by atoms with van der Waals surface area (Å²) in [6, 6.07) is 19.2. The number of hydrogen-bond acceptors (Lipinski definition) is 1. The topological polar surface area (TPSA) is 16.8 Å². The van der Waals surface area contributed by atoms with Crippen LogP contribution < -0.4 is 4.57 Å². The highest BCUT2D eigenvalue weighted by Crippen LogP contribution is 2.45. The van der Waals surface area contributed by atoms with E-state index in [0.717, 1.165) is 11.2 Å².